The lowest BCUT2D eigenvalue weighted by atomic mass is 9.76. The molecule has 0 bridgehead atoms. The minimum absolute atomic E-state index is 0.104. The predicted octanol–water partition coefficient (Wildman–Crippen LogP) is 5.64. The molecule has 1 aliphatic carbocycles. The van der Waals surface area contributed by atoms with Gasteiger partial charge in [-0.2, -0.15) is 13.2 Å². The molecular formula is C24H25ClF3NO3. The second kappa shape index (κ2) is 9.53. The highest BCUT2D eigenvalue weighted by atomic mass is 35.5. The molecule has 0 unspecified atom stereocenters. The molecule has 1 aliphatic rings. The van der Waals surface area contributed by atoms with E-state index in [1.54, 1.807) is 0 Å². The molecule has 0 aromatic heterocycles. The lowest BCUT2D eigenvalue weighted by Crippen LogP contribution is -2.58. The molecule has 0 heterocycles. The van der Waals surface area contributed by atoms with Crippen molar-refractivity contribution in [1.29, 1.82) is 0 Å². The van der Waals surface area contributed by atoms with Crippen molar-refractivity contribution >= 4 is 23.5 Å². The summed E-state index contributed by atoms with van der Waals surface area (Å²) >= 11 is 6.63. The molecule has 2 aromatic carbocycles. The Balaban J connectivity index is 1.81. The van der Waals surface area contributed by atoms with Crippen molar-refractivity contribution in [3.8, 4) is 11.1 Å². The number of aryl methyl sites for hydroxylation is 1. The third-order valence-corrected chi connectivity index (χ3v) is 6.59. The van der Waals surface area contributed by atoms with Gasteiger partial charge in [0.1, 0.15) is 5.54 Å². The Morgan fingerprint density at radius 3 is 2.31 bits per heavy atom. The van der Waals surface area contributed by atoms with Crippen molar-refractivity contribution in [2.45, 2.75) is 50.7 Å². The van der Waals surface area contributed by atoms with Crippen LogP contribution in [-0.2, 0) is 20.7 Å². The molecule has 1 fully saturated rings. The van der Waals surface area contributed by atoms with Crippen LogP contribution >= 0.6 is 11.6 Å². The maximum absolute atomic E-state index is 13.1. The van der Waals surface area contributed by atoms with Gasteiger partial charge in [0.25, 0.3) is 0 Å². The Kier molecular flexibility index (Phi) is 7.18. The van der Waals surface area contributed by atoms with Crippen LogP contribution < -0.4 is 5.32 Å². The van der Waals surface area contributed by atoms with Crippen LogP contribution in [0.5, 0.6) is 0 Å². The van der Waals surface area contributed by atoms with E-state index in [2.05, 4.69) is 5.32 Å². The molecule has 3 rings (SSSR count). The van der Waals surface area contributed by atoms with Gasteiger partial charge in [0.2, 0.25) is 5.91 Å². The van der Waals surface area contributed by atoms with Crippen molar-refractivity contribution < 1.29 is 27.5 Å². The molecule has 172 valence electrons. The summed E-state index contributed by atoms with van der Waals surface area (Å²) in [6.45, 7) is 1.83. The summed E-state index contributed by atoms with van der Waals surface area (Å²) in [6.07, 6.45) is -5.19. The van der Waals surface area contributed by atoms with Crippen LogP contribution in [0.15, 0.2) is 42.5 Å². The van der Waals surface area contributed by atoms with Gasteiger partial charge in [0, 0.05) is 5.56 Å². The van der Waals surface area contributed by atoms with Gasteiger partial charge in [-0.15, -0.1) is 0 Å². The van der Waals surface area contributed by atoms with Gasteiger partial charge in [-0.3, -0.25) is 4.79 Å². The van der Waals surface area contributed by atoms with Gasteiger partial charge in [0.15, 0.2) is 0 Å². The number of halogens is 4. The zero-order valence-electron chi connectivity index (χ0n) is 17.9. The molecule has 1 N–H and O–H groups in total. The van der Waals surface area contributed by atoms with Crippen LogP contribution in [-0.4, -0.2) is 30.7 Å². The number of benzene rings is 2. The molecule has 8 heteroatoms. The molecular weight excluding hydrogens is 443 g/mol. The summed E-state index contributed by atoms with van der Waals surface area (Å²) in [5, 5.41) is 3.11. The van der Waals surface area contributed by atoms with Gasteiger partial charge >= 0.3 is 12.1 Å². The Morgan fingerprint density at radius 2 is 1.75 bits per heavy atom. The number of esters is 1. The molecule has 0 aliphatic heterocycles. The SMILES string of the molecule is COC(=O)C1(NC(=O)Cc2c(C)ccc(-c3ccccc3)c2Cl)CCC(C(F)(F)F)CC1. The standard InChI is InChI=1S/C24H25ClF3NO3/c1-15-8-9-18(16-6-4-3-5-7-16)21(25)19(15)14-20(30)29-23(22(31)32-2)12-10-17(11-13-23)24(26,27)28/h3-9,17H,10-14H2,1-2H3,(H,29,30). The molecule has 0 spiro atoms. The lowest BCUT2D eigenvalue weighted by Gasteiger charge is -2.38. The van der Waals surface area contributed by atoms with Crippen LogP contribution in [0.3, 0.4) is 0 Å². The summed E-state index contributed by atoms with van der Waals surface area (Å²) in [4.78, 5) is 25.4. The van der Waals surface area contributed by atoms with Crippen molar-refractivity contribution in [2.75, 3.05) is 7.11 Å². The number of methoxy groups -OCH3 is 1. The summed E-state index contributed by atoms with van der Waals surface area (Å²) in [7, 11) is 1.16. The molecule has 4 nitrogen and oxygen atoms in total. The summed E-state index contributed by atoms with van der Waals surface area (Å²) in [6, 6.07) is 13.2. The number of ether oxygens (including phenoxy) is 1. The van der Waals surface area contributed by atoms with E-state index < -0.39 is 29.5 Å². The highest BCUT2D eigenvalue weighted by Crippen LogP contribution is 2.42. The average molecular weight is 468 g/mol. The minimum Gasteiger partial charge on any atom is -0.467 e. The number of carbonyl (C=O) groups is 2. The molecule has 1 amide bonds. The van der Waals surface area contributed by atoms with Crippen LogP contribution in [0, 0.1) is 12.8 Å². The largest absolute Gasteiger partial charge is 0.467 e. The smallest absolute Gasteiger partial charge is 0.391 e. The second-order valence-corrected chi connectivity index (χ2v) is 8.58. The van der Waals surface area contributed by atoms with Gasteiger partial charge in [0.05, 0.1) is 24.5 Å². The maximum Gasteiger partial charge on any atom is 0.391 e. The zero-order chi connectivity index (χ0) is 23.5. The first kappa shape index (κ1) is 24.1. The molecule has 0 radical (unpaired) electrons. The van der Waals surface area contributed by atoms with E-state index in [9.17, 15) is 22.8 Å². The molecule has 0 saturated heterocycles. The summed E-state index contributed by atoms with van der Waals surface area (Å²) in [5.41, 5.74) is 1.61. The van der Waals surface area contributed by atoms with Crippen LogP contribution in [0.1, 0.15) is 36.8 Å². The number of alkyl halides is 3. The zero-order valence-corrected chi connectivity index (χ0v) is 18.6. The van der Waals surface area contributed by atoms with Crippen LogP contribution in [0.2, 0.25) is 5.02 Å². The van der Waals surface area contributed by atoms with Crippen molar-refractivity contribution in [2.24, 2.45) is 5.92 Å². The first-order valence-corrected chi connectivity index (χ1v) is 10.7. The van der Waals surface area contributed by atoms with Crippen molar-refractivity contribution in [1.82, 2.24) is 5.32 Å². The van der Waals surface area contributed by atoms with E-state index in [4.69, 9.17) is 16.3 Å². The van der Waals surface area contributed by atoms with E-state index in [-0.39, 0.29) is 32.1 Å². The van der Waals surface area contributed by atoms with Gasteiger partial charge < -0.3 is 10.1 Å². The Labute approximate surface area is 190 Å². The monoisotopic (exact) mass is 467 g/mol. The molecule has 32 heavy (non-hydrogen) atoms. The van der Waals surface area contributed by atoms with E-state index in [1.807, 2.05) is 49.4 Å². The number of amides is 1. The Morgan fingerprint density at radius 1 is 1.12 bits per heavy atom. The number of hydrogen-bond acceptors (Lipinski definition) is 3. The first-order valence-electron chi connectivity index (χ1n) is 10.4. The highest BCUT2D eigenvalue weighted by molar-refractivity contribution is 6.34. The highest BCUT2D eigenvalue weighted by Gasteiger charge is 2.50. The average Bonchev–Trinajstić information content (AvgIpc) is 2.76. The lowest BCUT2D eigenvalue weighted by molar-refractivity contribution is -0.188. The van der Waals surface area contributed by atoms with Gasteiger partial charge in [-0.05, 0) is 49.3 Å². The molecule has 2 aromatic rings. The fourth-order valence-corrected chi connectivity index (χ4v) is 4.65. The van der Waals surface area contributed by atoms with Crippen LogP contribution in [0.4, 0.5) is 13.2 Å². The van der Waals surface area contributed by atoms with Crippen molar-refractivity contribution in [3.63, 3.8) is 0 Å². The summed E-state index contributed by atoms with van der Waals surface area (Å²) in [5.74, 6) is -2.71. The van der Waals surface area contributed by atoms with E-state index in [0.29, 0.717) is 10.6 Å². The van der Waals surface area contributed by atoms with Gasteiger partial charge in [-0.1, -0.05) is 54.1 Å². The fourth-order valence-electron chi connectivity index (χ4n) is 4.26. The molecule has 1 saturated carbocycles. The topological polar surface area (TPSA) is 55.4 Å². The Hall–Kier alpha value is -2.54. The third kappa shape index (κ3) is 5.09. The van der Waals surface area contributed by atoms with E-state index in [0.717, 1.165) is 23.8 Å². The van der Waals surface area contributed by atoms with E-state index in [1.165, 1.54) is 0 Å². The fraction of sp³-hybridized carbons (Fsp3) is 0.417. The number of carbonyl (C=O) groups excluding carboxylic acids is 2. The third-order valence-electron chi connectivity index (χ3n) is 6.16. The normalized spacial score (nSPS) is 21.1. The quantitative estimate of drug-likeness (QED) is 0.579. The first-order chi connectivity index (χ1) is 15.1. The van der Waals surface area contributed by atoms with Gasteiger partial charge in [-0.25, -0.2) is 4.79 Å². The van der Waals surface area contributed by atoms with E-state index >= 15 is 0 Å². The molecule has 0 atom stereocenters. The predicted molar refractivity (Wildman–Crippen MR) is 116 cm³/mol. The minimum atomic E-state index is -4.32. The Bertz CT molecular complexity index is 984. The number of rotatable bonds is 5. The maximum atomic E-state index is 13.1. The number of nitrogens with one attached hydrogen (secondary N) is 1. The number of hydrogen-bond donors (Lipinski definition) is 1. The van der Waals surface area contributed by atoms with Crippen LogP contribution in [0.25, 0.3) is 11.1 Å². The van der Waals surface area contributed by atoms with Crippen molar-refractivity contribution in [3.05, 3.63) is 58.6 Å². The second-order valence-electron chi connectivity index (χ2n) is 8.20. The summed E-state index contributed by atoms with van der Waals surface area (Å²) < 4.78 is 44.1.